The van der Waals surface area contributed by atoms with Gasteiger partial charge in [0, 0.05) is 6.20 Å². The first-order chi connectivity index (χ1) is 7.70. The normalized spacial score (nSPS) is 10.1. The van der Waals surface area contributed by atoms with Gasteiger partial charge >= 0.3 is 0 Å². The molecule has 2 aromatic rings. The van der Waals surface area contributed by atoms with Gasteiger partial charge in [-0.25, -0.2) is 4.98 Å². The van der Waals surface area contributed by atoms with Crippen LogP contribution in [0.1, 0.15) is 11.3 Å². The minimum absolute atomic E-state index is 0.498. The standard InChI is InChI=1S/C12H7Cl2N2/c1-2-10-7-16(8-15-10)6-9-4-3-5-11(13)12(9)14/h3-5,7-8H,6H2. The highest BCUT2D eigenvalue weighted by atomic mass is 35.5. The highest BCUT2D eigenvalue weighted by Crippen LogP contribution is 2.26. The van der Waals surface area contributed by atoms with Gasteiger partial charge in [0.05, 0.1) is 22.9 Å². The summed E-state index contributed by atoms with van der Waals surface area (Å²) in [6.45, 7) is 0.577. The molecular weight excluding hydrogens is 243 g/mol. The second-order valence-corrected chi connectivity index (χ2v) is 4.05. The first-order valence-corrected chi connectivity index (χ1v) is 5.33. The number of imidazole rings is 1. The summed E-state index contributed by atoms with van der Waals surface area (Å²) in [6, 6.07) is 5.50. The third kappa shape index (κ3) is 2.21. The molecule has 0 aliphatic rings. The molecule has 1 aromatic heterocycles. The minimum Gasteiger partial charge on any atom is -0.332 e. The molecular formula is C12H7Cl2N2. The molecule has 0 bridgehead atoms. The van der Waals surface area contributed by atoms with Crippen LogP contribution in [0.25, 0.3) is 0 Å². The first-order valence-electron chi connectivity index (χ1n) is 4.58. The largest absolute Gasteiger partial charge is 0.332 e. The zero-order valence-corrected chi connectivity index (χ0v) is 9.76. The maximum Gasteiger partial charge on any atom is 0.132 e. The topological polar surface area (TPSA) is 17.8 Å². The van der Waals surface area contributed by atoms with Gasteiger partial charge in [-0.3, -0.25) is 0 Å². The molecule has 1 heterocycles. The lowest BCUT2D eigenvalue weighted by Gasteiger charge is -2.05. The predicted octanol–water partition coefficient (Wildman–Crippen LogP) is 3.18. The Labute approximate surface area is 104 Å². The molecule has 0 aliphatic heterocycles. The predicted molar refractivity (Wildman–Crippen MR) is 64.0 cm³/mol. The van der Waals surface area contributed by atoms with Gasteiger partial charge in [0.15, 0.2) is 0 Å². The summed E-state index contributed by atoms with van der Waals surface area (Å²) in [5.41, 5.74) is 1.42. The van der Waals surface area contributed by atoms with Crippen molar-refractivity contribution in [2.24, 2.45) is 0 Å². The molecule has 0 fully saturated rings. The van der Waals surface area contributed by atoms with E-state index in [2.05, 4.69) is 10.9 Å². The number of rotatable bonds is 2. The second-order valence-electron chi connectivity index (χ2n) is 3.27. The molecule has 79 valence electrons. The van der Waals surface area contributed by atoms with Crippen molar-refractivity contribution in [2.45, 2.75) is 6.54 Å². The zero-order chi connectivity index (χ0) is 11.5. The monoisotopic (exact) mass is 249 g/mol. The SMILES string of the molecule is [C]#Cc1cn(Cc2cccc(Cl)c2Cl)cn1. The van der Waals surface area contributed by atoms with Crippen LogP contribution in [0.3, 0.4) is 0 Å². The maximum absolute atomic E-state index is 6.94. The van der Waals surface area contributed by atoms with Crippen molar-refractivity contribution in [3.63, 3.8) is 0 Å². The molecule has 2 rings (SSSR count). The van der Waals surface area contributed by atoms with E-state index < -0.39 is 0 Å². The van der Waals surface area contributed by atoms with E-state index in [0.29, 0.717) is 22.3 Å². The Balaban J connectivity index is 2.27. The second kappa shape index (κ2) is 4.61. The van der Waals surface area contributed by atoms with Gasteiger partial charge in [-0.15, -0.1) is 0 Å². The van der Waals surface area contributed by atoms with Crippen LogP contribution in [-0.2, 0) is 6.54 Å². The molecule has 2 nitrogen and oxygen atoms in total. The van der Waals surface area contributed by atoms with Crippen LogP contribution in [0.4, 0.5) is 0 Å². The van der Waals surface area contributed by atoms with Crippen molar-refractivity contribution >= 4 is 23.2 Å². The molecule has 0 amide bonds. The van der Waals surface area contributed by atoms with Crippen molar-refractivity contribution < 1.29 is 0 Å². The summed E-state index contributed by atoms with van der Waals surface area (Å²) in [4.78, 5) is 3.97. The Morgan fingerprint density at radius 1 is 1.38 bits per heavy atom. The highest BCUT2D eigenvalue weighted by molar-refractivity contribution is 6.42. The zero-order valence-electron chi connectivity index (χ0n) is 8.24. The van der Waals surface area contributed by atoms with Crippen molar-refractivity contribution in [3.05, 3.63) is 58.4 Å². The van der Waals surface area contributed by atoms with E-state index >= 15 is 0 Å². The van der Waals surface area contributed by atoms with Gasteiger partial charge in [-0.05, 0) is 24.0 Å². The van der Waals surface area contributed by atoms with E-state index in [1.807, 2.05) is 16.7 Å². The van der Waals surface area contributed by atoms with E-state index in [4.69, 9.17) is 29.6 Å². The Morgan fingerprint density at radius 2 is 2.19 bits per heavy atom. The average molecular weight is 250 g/mol. The van der Waals surface area contributed by atoms with Crippen LogP contribution in [-0.4, -0.2) is 9.55 Å². The number of aromatic nitrogens is 2. The fourth-order valence-electron chi connectivity index (χ4n) is 1.38. The van der Waals surface area contributed by atoms with E-state index in [1.54, 1.807) is 18.6 Å². The van der Waals surface area contributed by atoms with Crippen molar-refractivity contribution in [2.75, 3.05) is 0 Å². The molecule has 1 radical (unpaired) electrons. The van der Waals surface area contributed by atoms with Crippen molar-refractivity contribution in [3.8, 4) is 5.92 Å². The fourth-order valence-corrected chi connectivity index (χ4v) is 1.76. The summed E-state index contributed by atoms with van der Waals surface area (Å²) in [5, 5.41) is 1.09. The van der Waals surface area contributed by atoms with E-state index in [1.165, 1.54) is 0 Å². The lowest BCUT2D eigenvalue weighted by Crippen LogP contribution is -1.97. The van der Waals surface area contributed by atoms with Crippen LogP contribution >= 0.6 is 23.2 Å². The van der Waals surface area contributed by atoms with Crippen LogP contribution in [0.5, 0.6) is 0 Å². The molecule has 16 heavy (non-hydrogen) atoms. The molecule has 0 unspecified atom stereocenters. The van der Waals surface area contributed by atoms with Crippen LogP contribution < -0.4 is 0 Å². The van der Waals surface area contributed by atoms with Crippen molar-refractivity contribution in [1.82, 2.24) is 9.55 Å². The third-order valence-corrected chi connectivity index (χ3v) is 3.00. The van der Waals surface area contributed by atoms with Crippen molar-refractivity contribution in [1.29, 1.82) is 0 Å². The highest BCUT2D eigenvalue weighted by Gasteiger charge is 2.05. The number of nitrogens with zero attached hydrogens (tertiary/aromatic N) is 2. The average Bonchev–Trinajstić information content (AvgIpc) is 2.73. The number of hydrogen-bond donors (Lipinski definition) is 0. The Bertz CT molecular complexity index is 552. The molecule has 0 saturated carbocycles. The summed E-state index contributed by atoms with van der Waals surface area (Å²) < 4.78 is 1.83. The lowest BCUT2D eigenvalue weighted by molar-refractivity contribution is 0.797. The Morgan fingerprint density at radius 3 is 2.88 bits per heavy atom. The van der Waals surface area contributed by atoms with E-state index in [-0.39, 0.29) is 0 Å². The van der Waals surface area contributed by atoms with Gasteiger partial charge in [0.2, 0.25) is 0 Å². The van der Waals surface area contributed by atoms with E-state index in [9.17, 15) is 0 Å². The van der Waals surface area contributed by atoms with Crippen LogP contribution in [0, 0.1) is 12.3 Å². The van der Waals surface area contributed by atoms with Crippen LogP contribution in [0.15, 0.2) is 30.7 Å². The molecule has 0 saturated heterocycles. The van der Waals surface area contributed by atoms with Gasteiger partial charge in [-0.1, -0.05) is 35.3 Å². The molecule has 0 N–H and O–H groups in total. The Hall–Kier alpha value is -1.43. The molecule has 1 aromatic carbocycles. The maximum atomic E-state index is 6.94. The summed E-state index contributed by atoms with van der Waals surface area (Å²) >= 11 is 12.0. The summed E-state index contributed by atoms with van der Waals surface area (Å²) in [6.07, 6.45) is 10.3. The van der Waals surface area contributed by atoms with Gasteiger partial charge in [-0.2, -0.15) is 0 Å². The third-order valence-electron chi connectivity index (χ3n) is 2.15. The minimum atomic E-state index is 0.498. The van der Waals surface area contributed by atoms with E-state index in [0.717, 1.165) is 5.56 Å². The first kappa shape index (κ1) is 11.1. The summed E-state index contributed by atoms with van der Waals surface area (Å²) in [7, 11) is 0. The van der Waals surface area contributed by atoms with Crippen LogP contribution in [0.2, 0.25) is 10.0 Å². The molecule has 0 spiro atoms. The lowest BCUT2D eigenvalue weighted by atomic mass is 10.2. The molecule has 0 aliphatic carbocycles. The fraction of sp³-hybridized carbons (Fsp3) is 0.0833. The van der Waals surface area contributed by atoms with Gasteiger partial charge < -0.3 is 4.57 Å². The number of halogens is 2. The summed E-state index contributed by atoms with van der Waals surface area (Å²) in [5.74, 6) is 2.22. The number of hydrogen-bond acceptors (Lipinski definition) is 1. The smallest absolute Gasteiger partial charge is 0.132 e. The molecule has 4 heteroatoms. The Kier molecular flexibility index (Phi) is 3.19. The van der Waals surface area contributed by atoms with Gasteiger partial charge in [0.1, 0.15) is 5.69 Å². The van der Waals surface area contributed by atoms with Gasteiger partial charge in [0.25, 0.3) is 0 Å². The quantitative estimate of drug-likeness (QED) is 0.748. The number of benzene rings is 1. The molecule has 0 atom stereocenters.